The van der Waals surface area contributed by atoms with Crippen LogP contribution in [0.15, 0.2) is 24.3 Å². The van der Waals surface area contributed by atoms with E-state index in [1.54, 1.807) is 24.3 Å². The largest absolute Gasteiger partial charge is 0.495 e. The van der Waals surface area contributed by atoms with Gasteiger partial charge in [-0.2, -0.15) is 0 Å². The van der Waals surface area contributed by atoms with Gasteiger partial charge >= 0.3 is 5.97 Å². The molecule has 0 radical (unpaired) electrons. The average Bonchev–Trinajstić information content (AvgIpc) is 2.86. The topological polar surface area (TPSA) is 95.9 Å². The van der Waals surface area contributed by atoms with Crippen LogP contribution in [0.3, 0.4) is 0 Å². The van der Waals surface area contributed by atoms with E-state index < -0.39 is 24.3 Å². The van der Waals surface area contributed by atoms with Crippen molar-refractivity contribution in [1.29, 1.82) is 0 Å². The zero-order valence-corrected chi connectivity index (χ0v) is 11.5. The molecule has 7 heteroatoms. The van der Waals surface area contributed by atoms with Gasteiger partial charge in [-0.3, -0.25) is 14.4 Å². The molecular formula is C14H16N2O5. The highest BCUT2D eigenvalue weighted by Gasteiger charge is 2.36. The number of para-hydroxylation sites is 2. The van der Waals surface area contributed by atoms with Gasteiger partial charge in [-0.1, -0.05) is 12.1 Å². The summed E-state index contributed by atoms with van der Waals surface area (Å²) in [5.41, 5.74) is 0.610. The third-order valence-electron chi connectivity index (χ3n) is 3.29. The summed E-state index contributed by atoms with van der Waals surface area (Å²) in [6, 6.07) is 7.05. The second-order valence-electron chi connectivity index (χ2n) is 4.69. The predicted octanol–water partition coefficient (Wildman–Crippen LogP) is 0.249. The molecule has 1 atom stereocenters. The Labute approximate surface area is 121 Å². The number of carbonyl (C=O) groups is 3. The first kappa shape index (κ1) is 14.8. The molecule has 1 aromatic rings. The van der Waals surface area contributed by atoms with Gasteiger partial charge in [0.1, 0.15) is 12.3 Å². The summed E-state index contributed by atoms with van der Waals surface area (Å²) in [6.07, 6.45) is 0.0590. The van der Waals surface area contributed by atoms with Crippen LogP contribution in [0.25, 0.3) is 0 Å². The van der Waals surface area contributed by atoms with Crippen molar-refractivity contribution in [1.82, 2.24) is 5.32 Å². The Morgan fingerprint density at radius 2 is 2.14 bits per heavy atom. The molecule has 1 aliphatic rings. The minimum atomic E-state index is -1.12. The Morgan fingerprint density at radius 3 is 2.81 bits per heavy atom. The maximum atomic E-state index is 12.1. The monoisotopic (exact) mass is 292 g/mol. The summed E-state index contributed by atoms with van der Waals surface area (Å²) in [7, 11) is 1.51. The van der Waals surface area contributed by atoms with Crippen molar-refractivity contribution in [3.8, 4) is 5.75 Å². The molecule has 1 aromatic carbocycles. The number of aliphatic carboxylic acids is 1. The molecule has 0 saturated carbocycles. The molecule has 2 N–H and O–H groups in total. The summed E-state index contributed by atoms with van der Waals surface area (Å²) in [4.78, 5) is 35.8. The van der Waals surface area contributed by atoms with Crippen LogP contribution in [0.5, 0.6) is 5.75 Å². The molecule has 0 aliphatic carbocycles. The maximum absolute atomic E-state index is 12.1. The third-order valence-corrected chi connectivity index (χ3v) is 3.29. The molecule has 2 amide bonds. The number of anilines is 1. The Morgan fingerprint density at radius 1 is 1.43 bits per heavy atom. The Hall–Kier alpha value is -2.57. The van der Waals surface area contributed by atoms with E-state index in [1.807, 2.05) is 0 Å². The average molecular weight is 292 g/mol. The lowest BCUT2D eigenvalue weighted by Crippen LogP contribution is -2.36. The summed E-state index contributed by atoms with van der Waals surface area (Å²) < 4.78 is 5.21. The van der Waals surface area contributed by atoms with Crippen molar-refractivity contribution in [2.75, 3.05) is 25.1 Å². The zero-order chi connectivity index (χ0) is 15.4. The molecule has 0 aromatic heterocycles. The number of hydrogen-bond donors (Lipinski definition) is 2. The number of carboxylic acids is 1. The molecule has 1 fully saturated rings. The van der Waals surface area contributed by atoms with Crippen LogP contribution in [0.4, 0.5) is 5.69 Å². The van der Waals surface area contributed by atoms with Gasteiger partial charge in [0.25, 0.3) is 0 Å². The van der Waals surface area contributed by atoms with Crippen molar-refractivity contribution < 1.29 is 24.2 Å². The molecular weight excluding hydrogens is 276 g/mol. The number of methoxy groups -OCH3 is 1. The first-order valence-corrected chi connectivity index (χ1v) is 6.45. The van der Waals surface area contributed by atoms with Crippen molar-refractivity contribution in [2.45, 2.75) is 6.42 Å². The second kappa shape index (κ2) is 6.25. The highest BCUT2D eigenvalue weighted by molar-refractivity contribution is 6.01. The van der Waals surface area contributed by atoms with E-state index >= 15 is 0 Å². The van der Waals surface area contributed by atoms with Crippen LogP contribution < -0.4 is 15.0 Å². The van der Waals surface area contributed by atoms with Crippen LogP contribution in [0.2, 0.25) is 0 Å². The minimum absolute atomic E-state index is 0.0590. The standard InChI is InChI=1S/C14H16N2O5/c1-21-11-5-3-2-4-10(11)16-8-9(6-12(16)17)14(20)15-7-13(18)19/h2-5,9H,6-8H2,1H3,(H,15,20)(H,18,19). The molecule has 1 heterocycles. The summed E-state index contributed by atoms with van der Waals surface area (Å²) >= 11 is 0. The quantitative estimate of drug-likeness (QED) is 0.811. The Balaban J connectivity index is 2.09. The van der Waals surface area contributed by atoms with E-state index in [9.17, 15) is 14.4 Å². The van der Waals surface area contributed by atoms with E-state index in [0.717, 1.165) is 0 Å². The van der Waals surface area contributed by atoms with Crippen LogP contribution in [0, 0.1) is 5.92 Å². The molecule has 0 bridgehead atoms. The van der Waals surface area contributed by atoms with E-state index in [2.05, 4.69) is 5.32 Å². The lowest BCUT2D eigenvalue weighted by atomic mass is 10.1. The minimum Gasteiger partial charge on any atom is -0.495 e. The van der Waals surface area contributed by atoms with Crippen molar-refractivity contribution in [3.05, 3.63) is 24.3 Å². The summed E-state index contributed by atoms with van der Waals surface area (Å²) in [6.45, 7) is -0.233. The number of nitrogens with zero attached hydrogens (tertiary/aromatic N) is 1. The summed E-state index contributed by atoms with van der Waals surface area (Å²) in [5, 5.41) is 10.8. The SMILES string of the molecule is COc1ccccc1N1CC(C(=O)NCC(=O)O)CC1=O. The van der Waals surface area contributed by atoms with Gasteiger partial charge < -0.3 is 20.1 Å². The molecule has 2 rings (SSSR count). The van der Waals surface area contributed by atoms with Gasteiger partial charge in [0, 0.05) is 13.0 Å². The van der Waals surface area contributed by atoms with E-state index in [4.69, 9.17) is 9.84 Å². The van der Waals surface area contributed by atoms with Gasteiger partial charge in [0.15, 0.2) is 0 Å². The van der Waals surface area contributed by atoms with Gasteiger partial charge in [-0.25, -0.2) is 0 Å². The third kappa shape index (κ3) is 3.31. The molecule has 1 unspecified atom stereocenters. The first-order chi connectivity index (χ1) is 10.0. The molecule has 1 saturated heterocycles. The number of rotatable bonds is 5. The smallest absolute Gasteiger partial charge is 0.322 e. The zero-order valence-electron chi connectivity index (χ0n) is 11.5. The van der Waals surface area contributed by atoms with Gasteiger partial charge in [-0.05, 0) is 12.1 Å². The molecule has 0 spiro atoms. The van der Waals surface area contributed by atoms with Crippen LogP contribution in [-0.2, 0) is 14.4 Å². The van der Waals surface area contributed by atoms with Gasteiger partial charge in [-0.15, -0.1) is 0 Å². The molecule has 112 valence electrons. The fourth-order valence-electron chi connectivity index (χ4n) is 2.28. The van der Waals surface area contributed by atoms with Crippen molar-refractivity contribution in [3.63, 3.8) is 0 Å². The van der Waals surface area contributed by atoms with Crippen molar-refractivity contribution in [2.24, 2.45) is 5.92 Å². The lowest BCUT2D eigenvalue weighted by molar-refractivity contribution is -0.138. The van der Waals surface area contributed by atoms with Crippen LogP contribution in [0.1, 0.15) is 6.42 Å². The lowest BCUT2D eigenvalue weighted by Gasteiger charge is -2.19. The highest BCUT2D eigenvalue weighted by atomic mass is 16.5. The second-order valence-corrected chi connectivity index (χ2v) is 4.69. The number of amides is 2. The molecule has 7 nitrogen and oxygen atoms in total. The number of benzene rings is 1. The molecule has 21 heavy (non-hydrogen) atoms. The fraction of sp³-hybridized carbons (Fsp3) is 0.357. The molecule has 1 aliphatic heterocycles. The predicted molar refractivity (Wildman–Crippen MR) is 74.1 cm³/mol. The number of nitrogens with one attached hydrogen (secondary N) is 1. The Kier molecular flexibility index (Phi) is 4.42. The van der Waals surface area contributed by atoms with E-state index in [1.165, 1.54) is 12.0 Å². The van der Waals surface area contributed by atoms with Gasteiger partial charge in [0.05, 0.1) is 18.7 Å². The highest BCUT2D eigenvalue weighted by Crippen LogP contribution is 2.32. The van der Waals surface area contributed by atoms with Crippen molar-refractivity contribution >= 4 is 23.5 Å². The maximum Gasteiger partial charge on any atom is 0.322 e. The number of carboxylic acid groups (broad SMARTS) is 1. The number of carbonyl (C=O) groups excluding carboxylic acids is 2. The Bertz CT molecular complexity index is 572. The number of ether oxygens (including phenoxy) is 1. The van der Waals surface area contributed by atoms with Crippen LogP contribution in [-0.4, -0.2) is 43.1 Å². The first-order valence-electron chi connectivity index (χ1n) is 6.45. The normalized spacial score (nSPS) is 17.7. The summed E-state index contributed by atoms with van der Waals surface area (Å²) in [5.74, 6) is -1.73. The van der Waals surface area contributed by atoms with Crippen LogP contribution >= 0.6 is 0 Å². The number of hydrogen-bond acceptors (Lipinski definition) is 4. The fourth-order valence-corrected chi connectivity index (χ4v) is 2.28. The van der Waals surface area contributed by atoms with E-state index in [0.29, 0.717) is 11.4 Å². The van der Waals surface area contributed by atoms with E-state index in [-0.39, 0.29) is 18.9 Å². The van der Waals surface area contributed by atoms with Gasteiger partial charge in [0.2, 0.25) is 11.8 Å².